The van der Waals surface area contributed by atoms with E-state index in [1.54, 1.807) is 0 Å². The van der Waals surface area contributed by atoms with Crippen molar-refractivity contribution in [3.8, 4) is 0 Å². The van der Waals surface area contributed by atoms with E-state index in [9.17, 15) is 4.79 Å². The highest BCUT2D eigenvalue weighted by Gasteiger charge is 2.13. The first-order valence-corrected chi connectivity index (χ1v) is 7.48. The van der Waals surface area contributed by atoms with E-state index in [4.69, 9.17) is 5.11 Å². The number of rotatable bonds is 6. The predicted octanol–water partition coefficient (Wildman–Crippen LogP) is 1.34. The van der Waals surface area contributed by atoms with Crippen molar-refractivity contribution in [2.24, 2.45) is 5.92 Å². The molecule has 4 heteroatoms. The molecule has 1 fully saturated rings. The highest BCUT2D eigenvalue weighted by atomic mass is 16.3. The quantitative estimate of drug-likeness (QED) is 0.735. The van der Waals surface area contributed by atoms with Crippen LogP contribution >= 0.6 is 0 Å². The molecule has 0 unspecified atom stereocenters. The van der Waals surface area contributed by atoms with Crippen molar-refractivity contribution >= 4 is 5.91 Å². The van der Waals surface area contributed by atoms with Gasteiger partial charge in [-0.25, -0.2) is 0 Å². The van der Waals surface area contributed by atoms with Crippen LogP contribution in [0.3, 0.4) is 0 Å². The summed E-state index contributed by atoms with van der Waals surface area (Å²) in [7, 11) is 0. The fraction of sp³-hybridized carbons (Fsp3) is 0.562. The van der Waals surface area contributed by atoms with E-state index in [-0.39, 0.29) is 12.5 Å². The summed E-state index contributed by atoms with van der Waals surface area (Å²) in [6.45, 7) is 2.54. The molecule has 0 saturated carbocycles. The maximum absolute atomic E-state index is 11.8. The van der Waals surface area contributed by atoms with Crippen LogP contribution in [0.1, 0.15) is 35.2 Å². The maximum atomic E-state index is 11.8. The Hall–Kier alpha value is -1.39. The van der Waals surface area contributed by atoms with Crippen molar-refractivity contribution in [1.82, 2.24) is 10.6 Å². The number of benzene rings is 1. The predicted molar refractivity (Wildman–Crippen MR) is 79.8 cm³/mol. The SMILES string of the molecule is O=C(NCCO)c1cccc(CCC2CCNCC2)c1. The van der Waals surface area contributed by atoms with Crippen LogP contribution in [0.4, 0.5) is 0 Å². The lowest BCUT2D eigenvalue weighted by molar-refractivity contribution is 0.0944. The summed E-state index contributed by atoms with van der Waals surface area (Å²) in [5.41, 5.74) is 1.90. The highest BCUT2D eigenvalue weighted by Crippen LogP contribution is 2.19. The standard InChI is InChI=1S/C16H24N2O2/c19-11-10-18-16(20)15-3-1-2-14(12-15)5-4-13-6-8-17-9-7-13/h1-3,12-13,17,19H,4-11H2,(H,18,20). The van der Waals surface area contributed by atoms with Gasteiger partial charge in [-0.05, 0) is 62.4 Å². The summed E-state index contributed by atoms with van der Waals surface area (Å²) in [6, 6.07) is 7.81. The number of carbonyl (C=O) groups excluding carboxylic acids is 1. The van der Waals surface area contributed by atoms with Crippen molar-refractivity contribution in [1.29, 1.82) is 0 Å². The fourth-order valence-electron chi connectivity index (χ4n) is 2.68. The zero-order valence-corrected chi connectivity index (χ0v) is 11.9. The number of nitrogens with one attached hydrogen (secondary N) is 2. The second-order valence-corrected chi connectivity index (χ2v) is 5.41. The first-order valence-electron chi connectivity index (χ1n) is 7.48. The molecule has 1 amide bonds. The molecule has 1 aromatic rings. The summed E-state index contributed by atoms with van der Waals surface area (Å²) < 4.78 is 0. The number of piperidine rings is 1. The van der Waals surface area contributed by atoms with E-state index in [2.05, 4.69) is 16.7 Å². The third-order valence-corrected chi connectivity index (χ3v) is 3.89. The largest absolute Gasteiger partial charge is 0.395 e. The van der Waals surface area contributed by atoms with Crippen LogP contribution in [0.2, 0.25) is 0 Å². The Balaban J connectivity index is 1.86. The van der Waals surface area contributed by atoms with Crippen molar-refractivity contribution in [2.45, 2.75) is 25.7 Å². The second-order valence-electron chi connectivity index (χ2n) is 5.41. The Morgan fingerprint density at radius 2 is 2.15 bits per heavy atom. The minimum atomic E-state index is -0.109. The molecule has 0 bridgehead atoms. The number of hydrogen-bond acceptors (Lipinski definition) is 3. The molecule has 0 spiro atoms. The van der Waals surface area contributed by atoms with E-state index in [0.29, 0.717) is 12.1 Å². The maximum Gasteiger partial charge on any atom is 0.251 e. The number of amides is 1. The van der Waals surface area contributed by atoms with E-state index < -0.39 is 0 Å². The van der Waals surface area contributed by atoms with Gasteiger partial charge >= 0.3 is 0 Å². The first-order chi connectivity index (χ1) is 9.79. The topological polar surface area (TPSA) is 61.4 Å². The molecule has 1 aromatic carbocycles. The number of aryl methyl sites for hydroxylation is 1. The molecule has 110 valence electrons. The van der Waals surface area contributed by atoms with Crippen LogP contribution in [0.15, 0.2) is 24.3 Å². The summed E-state index contributed by atoms with van der Waals surface area (Å²) in [5.74, 6) is 0.700. The van der Waals surface area contributed by atoms with Crippen molar-refractivity contribution < 1.29 is 9.90 Å². The van der Waals surface area contributed by atoms with Gasteiger partial charge in [0.1, 0.15) is 0 Å². The Morgan fingerprint density at radius 1 is 1.35 bits per heavy atom. The van der Waals surface area contributed by atoms with Gasteiger partial charge in [0.2, 0.25) is 0 Å². The lowest BCUT2D eigenvalue weighted by atomic mass is 9.91. The van der Waals surface area contributed by atoms with Gasteiger partial charge in [-0.1, -0.05) is 12.1 Å². The molecule has 4 nitrogen and oxygen atoms in total. The first kappa shape index (κ1) is 15.0. The van der Waals surface area contributed by atoms with Crippen molar-refractivity contribution in [3.05, 3.63) is 35.4 Å². The normalized spacial score (nSPS) is 16.1. The smallest absolute Gasteiger partial charge is 0.251 e. The average Bonchev–Trinajstić information content (AvgIpc) is 2.52. The van der Waals surface area contributed by atoms with E-state index in [1.165, 1.54) is 24.8 Å². The molecule has 3 N–H and O–H groups in total. The molecule has 1 aliphatic rings. The lowest BCUT2D eigenvalue weighted by Crippen LogP contribution is -2.28. The molecule has 1 heterocycles. The zero-order chi connectivity index (χ0) is 14.2. The summed E-state index contributed by atoms with van der Waals surface area (Å²) in [4.78, 5) is 11.8. The molecule has 0 aliphatic carbocycles. The third-order valence-electron chi connectivity index (χ3n) is 3.89. The Kier molecular flexibility index (Phi) is 6.02. The molecule has 0 radical (unpaired) electrons. The highest BCUT2D eigenvalue weighted by molar-refractivity contribution is 5.94. The van der Waals surface area contributed by atoms with Crippen LogP contribution in [0.5, 0.6) is 0 Å². The lowest BCUT2D eigenvalue weighted by Gasteiger charge is -2.22. The van der Waals surface area contributed by atoms with Gasteiger partial charge < -0.3 is 15.7 Å². The Morgan fingerprint density at radius 3 is 2.90 bits per heavy atom. The zero-order valence-electron chi connectivity index (χ0n) is 11.9. The van der Waals surface area contributed by atoms with Crippen molar-refractivity contribution in [3.63, 3.8) is 0 Å². The van der Waals surface area contributed by atoms with Crippen LogP contribution in [0.25, 0.3) is 0 Å². The van der Waals surface area contributed by atoms with Gasteiger partial charge in [-0.15, -0.1) is 0 Å². The third kappa shape index (κ3) is 4.62. The molecular weight excluding hydrogens is 252 g/mol. The molecule has 1 saturated heterocycles. The second kappa shape index (κ2) is 8.02. The monoisotopic (exact) mass is 276 g/mol. The number of aliphatic hydroxyl groups is 1. The minimum Gasteiger partial charge on any atom is -0.395 e. The van der Waals surface area contributed by atoms with E-state index >= 15 is 0 Å². The molecule has 1 aliphatic heterocycles. The molecule has 0 aromatic heterocycles. The fourth-order valence-corrected chi connectivity index (χ4v) is 2.68. The molecular formula is C16H24N2O2. The van der Waals surface area contributed by atoms with E-state index in [0.717, 1.165) is 25.4 Å². The minimum absolute atomic E-state index is 0.0266. The Bertz CT molecular complexity index is 428. The number of aliphatic hydroxyl groups excluding tert-OH is 1. The van der Waals surface area contributed by atoms with Gasteiger partial charge in [-0.2, -0.15) is 0 Å². The Labute approximate surface area is 120 Å². The van der Waals surface area contributed by atoms with Gasteiger partial charge in [0.05, 0.1) is 6.61 Å². The van der Waals surface area contributed by atoms with Gasteiger partial charge in [0.25, 0.3) is 5.91 Å². The van der Waals surface area contributed by atoms with Gasteiger partial charge in [0, 0.05) is 12.1 Å². The molecule has 0 atom stereocenters. The number of carbonyl (C=O) groups is 1. The summed E-state index contributed by atoms with van der Waals surface area (Å²) >= 11 is 0. The van der Waals surface area contributed by atoms with Crippen molar-refractivity contribution in [2.75, 3.05) is 26.2 Å². The average molecular weight is 276 g/mol. The van der Waals surface area contributed by atoms with Crippen LogP contribution in [0, 0.1) is 5.92 Å². The van der Waals surface area contributed by atoms with Crippen LogP contribution in [-0.4, -0.2) is 37.3 Å². The van der Waals surface area contributed by atoms with Crippen LogP contribution in [-0.2, 0) is 6.42 Å². The van der Waals surface area contributed by atoms with E-state index in [1.807, 2.05) is 18.2 Å². The number of hydrogen-bond donors (Lipinski definition) is 3. The van der Waals surface area contributed by atoms with Gasteiger partial charge in [-0.3, -0.25) is 4.79 Å². The molecule has 2 rings (SSSR count). The summed E-state index contributed by atoms with van der Waals surface area (Å²) in [6.07, 6.45) is 4.75. The molecule has 20 heavy (non-hydrogen) atoms. The van der Waals surface area contributed by atoms with Crippen LogP contribution < -0.4 is 10.6 Å². The van der Waals surface area contributed by atoms with Gasteiger partial charge in [0.15, 0.2) is 0 Å². The summed E-state index contributed by atoms with van der Waals surface area (Å²) in [5, 5.41) is 14.8.